The van der Waals surface area contributed by atoms with Crippen molar-refractivity contribution in [2.75, 3.05) is 0 Å². The van der Waals surface area contributed by atoms with Gasteiger partial charge in [-0.1, -0.05) is 48.8 Å². The molecule has 0 fully saturated rings. The molecule has 0 aromatic heterocycles. The number of hydrogen-bond acceptors (Lipinski definition) is 2. The summed E-state index contributed by atoms with van der Waals surface area (Å²) in [5.41, 5.74) is 7.44. The average molecular weight is 316 g/mol. The summed E-state index contributed by atoms with van der Waals surface area (Å²) in [4.78, 5) is 0. The highest BCUT2D eigenvalue weighted by Gasteiger charge is 2.21. The van der Waals surface area contributed by atoms with Gasteiger partial charge in [-0.05, 0) is 30.5 Å². The fourth-order valence-corrected chi connectivity index (χ4v) is 3.32. The second-order valence-electron chi connectivity index (χ2n) is 4.92. The molecule has 0 spiro atoms. The zero-order chi connectivity index (χ0) is 13.0. The topological polar surface area (TPSA) is 26.0 Å². The Kier molecular flexibility index (Phi) is 6.04. The Morgan fingerprint density at radius 1 is 1.18 bits per heavy atom. The van der Waals surface area contributed by atoms with E-state index >= 15 is 0 Å². The predicted molar refractivity (Wildman–Crippen MR) is 82.4 cm³/mol. The van der Waals surface area contributed by atoms with E-state index in [0.717, 1.165) is 4.47 Å². The van der Waals surface area contributed by atoms with Crippen LogP contribution in [-0.2, 0) is 0 Å². The van der Waals surface area contributed by atoms with Crippen molar-refractivity contribution in [3.05, 3.63) is 34.3 Å². The SMILES string of the molecule is CC(C)C(C)SC(c1cccc(Br)c1)C(C)N. The highest BCUT2D eigenvalue weighted by atomic mass is 79.9. The molecule has 3 atom stereocenters. The van der Waals surface area contributed by atoms with Gasteiger partial charge in [-0.2, -0.15) is 0 Å². The van der Waals surface area contributed by atoms with Crippen molar-refractivity contribution in [2.45, 2.75) is 44.2 Å². The first-order chi connectivity index (χ1) is 7.91. The maximum absolute atomic E-state index is 6.13. The smallest absolute Gasteiger partial charge is 0.0448 e. The summed E-state index contributed by atoms with van der Waals surface area (Å²) in [6.07, 6.45) is 0. The molecule has 3 heteroatoms. The number of nitrogens with two attached hydrogens (primary N) is 1. The fraction of sp³-hybridized carbons (Fsp3) is 0.571. The van der Waals surface area contributed by atoms with Crippen LogP contribution in [0.25, 0.3) is 0 Å². The van der Waals surface area contributed by atoms with E-state index in [-0.39, 0.29) is 6.04 Å². The molecule has 0 saturated carbocycles. The quantitative estimate of drug-likeness (QED) is 0.858. The van der Waals surface area contributed by atoms with Crippen LogP contribution in [0.1, 0.15) is 38.5 Å². The molecule has 0 aliphatic rings. The van der Waals surface area contributed by atoms with Gasteiger partial charge in [-0.25, -0.2) is 0 Å². The van der Waals surface area contributed by atoms with Crippen LogP contribution in [0.4, 0.5) is 0 Å². The highest BCUT2D eigenvalue weighted by molar-refractivity contribution is 9.10. The highest BCUT2D eigenvalue weighted by Crippen LogP contribution is 2.37. The first kappa shape index (κ1) is 15.1. The maximum Gasteiger partial charge on any atom is 0.0448 e. The minimum atomic E-state index is 0.162. The van der Waals surface area contributed by atoms with Gasteiger partial charge in [0.2, 0.25) is 0 Å². The van der Waals surface area contributed by atoms with E-state index in [9.17, 15) is 0 Å². The van der Waals surface area contributed by atoms with Crippen LogP contribution in [0.2, 0.25) is 0 Å². The van der Waals surface area contributed by atoms with Gasteiger partial charge >= 0.3 is 0 Å². The van der Waals surface area contributed by atoms with E-state index in [1.54, 1.807) is 0 Å². The normalized spacial score (nSPS) is 16.9. The zero-order valence-electron chi connectivity index (χ0n) is 11.0. The maximum atomic E-state index is 6.13. The van der Waals surface area contributed by atoms with Crippen LogP contribution in [0.5, 0.6) is 0 Å². The third-order valence-corrected chi connectivity index (χ3v) is 5.42. The van der Waals surface area contributed by atoms with Crippen molar-refractivity contribution in [2.24, 2.45) is 11.7 Å². The van der Waals surface area contributed by atoms with Crippen molar-refractivity contribution in [3.63, 3.8) is 0 Å². The van der Waals surface area contributed by atoms with E-state index in [4.69, 9.17) is 5.73 Å². The van der Waals surface area contributed by atoms with E-state index in [2.05, 4.69) is 67.9 Å². The predicted octanol–water partition coefficient (Wildman–Crippen LogP) is 4.62. The number of thioether (sulfide) groups is 1. The molecule has 96 valence electrons. The van der Waals surface area contributed by atoms with Gasteiger partial charge in [0.15, 0.2) is 0 Å². The summed E-state index contributed by atoms with van der Waals surface area (Å²) >= 11 is 5.50. The summed E-state index contributed by atoms with van der Waals surface area (Å²) in [7, 11) is 0. The van der Waals surface area contributed by atoms with E-state index < -0.39 is 0 Å². The van der Waals surface area contributed by atoms with Gasteiger partial charge in [-0.15, -0.1) is 11.8 Å². The summed E-state index contributed by atoms with van der Waals surface area (Å²) < 4.78 is 1.12. The standard InChI is InChI=1S/C14H22BrNS/c1-9(2)11(4)17-14(10(3)16)12-6-5-7-13(15)8-12/h5-11,14H,16H2,1-4H3. The van der Waals surface area contributed by atoms with Crippen LogP contribution in [0, 0.1) is 5.92 Å². The van der Waals surface area contributed by atoms with Crippen molar-refractivity contribution in [3.8, 4) is 0 Å². The Hall–Kier alpha value is 0.01000. The van der Waals surface area contributed by atoms with E-state index in [0.29, 0.717) is 16.4 Å². The Labute approximate surface area is 118 Å². The minimum absolute atomic E-state index is 0.162. The lowest BCUT2D eigenvalue weighted by atomic mass is 10.1. The Morgan fingerprint density at radius 3 is 2.29 bits per heavy atom. The summed E-state index contributed by atoms with van der Waals surface area (Å²) in [5.74, 6) is 0.674. The Morgan fingerprint density at radius 2 is 1.82 bits per heavy atom. The minimum Gasteiger partial charge on any atom is -0.327 e. The number of hydrogen-bond donors (Lipinski definition) is 1. The largest absolute Gasteiger partial charge is 0.327 e. The average Bonchev–Trinajstić information content (AvgIpc) is 2.24. The summed E-state index contributed by atoms with van der Waals surface area (Å²) in [6, 6.07) is 8.64. The Balaban J connectivity index is 2.86. The second-order valence-corrected chi connectivity index (χ2v) is 7.36. The molecule has 0 amide bonds. The zero-order valence-corrected chi connectivity index (χ0v) is 13.4. The molecule has 1 rings (SSSR count). The molecular weight excluding hydrogens is 294 g/mol. The fourth-order valence-electron chi connectivity index (χ4n) is 1.58. The first-order valence-corrected chi connectivity index (χ1v) is 7.82. The third-order valence-electron chi connectivity index (χ3n) is 2.95. The van der Waals surface area contributed by atoms with Crippen LogP contribution in [-0.4, -0.2) is 11.3 Å². The van der Waals surface area contributed by atoms with E-state index in [1.807, 2.05) is 11.8 Å². The van der Waals surface area contributed by atoms with Crippen molar-refractivity contribution in [1.82, 2.24) is 0 Å². The Bertz CT molecular complexity index is 352. The molecule has 1 aromatic carbocycles. The number of benzene rings is 1. The third kappa shape index (κ3) is 4.65. The number of halogens is 1. The van der Waals surface area contributed by atoms with Gasteiger partial charge in [0.25, 0.3) is 0 Å². The first-order valence-electron chi connectivity index (χ1n) is 6.08. The lowest BCUT2D eigenvalue weighted by Gasteiger charge is -2.26. The number of rotatable bonds is 5. The van der Waals surface area contributed by atoms with Crippen LogP contribution in [0.15, 0.2) is 28.7 Å². The van der Waals surface area contributed by atoms with Gasteiger partial charge in [0.1, 0.15) is 0 Å². The van der Waals surface area contributed by atoms with Gasteiger partial charge in [-0.3, -0.25) is 0 Å². The second kappa shape index (κ2) is 6.81. The summed E-state index contributed by atoms with van der Waals surface area (Å²) in [6.45, 7) is 8.89. The van der Waals surface area contributed by atoms with Crippen molar-refractivity contribution < 1.29 is 0 Å². The van der Waals surface area contributed by atoms with E-state index in [1.165, 1.54) is 5.56 Å². The van der Waals surface area contributed by atoms with Gasteiger partial charge in [0, 0.05) is 21.0 Å². The lowest BCUT2D eigenvalue weighted by molar-refractivity contribution is 0.631. The molecule has 0 saturated heterocycles. The van der Waals surface area contributed by atoms with Gasteiger partial charge < -0.3 is 5.73 Å². The molecule has 3 unspecified atom stereocenters. The van der Waals surface area contributed by atoms with Crippen LogP contribution < -0.4 is 5.73 Å². The van der Waals surface area contributed by atoms with Crippen LogP contribution >= 0.6 is 27.7 Å². The molecule has 0 bridgehead atoms. The van der Waals surface area contributed by atoms with Crippen molar-refractivity contribution in [1.29, 1.82) is 0 Å². The molecule has 17 heavy (non-hydrogen) atoms. The molecule has 2 N–H and O–H groups in total. The van der Waals surface area contributed by atoms with Crippen molar-refractivity contribution >= 4 is 27.7 Å². The lowest BCUT2D eigenvalue weighted by Crippen LogP contribution is -2.25. The molecular formula is C14H22BrNS. The van der Waals surface area contributed by atoms with Gasteiger partial charge in [0.05, 0.1) is 0 Å². The molecule has 0 aliphatic heterocycles. The molecule has 0 heterocycles. The molecule has 1 nitrogen and oxygen atoms in total. The summed E-state index contributed by atoms with van der Waals surface area (Å²) in [5, 5.41) is 0.981. The molecule has 0 radical (unpaired) electrons. The molecule has 0 aliphatic carbocycles. The monoisotopic (exact) mass is 315 g/mol. The molecule has 1 aromatic rings. The van der Waals surface area contributed by atoms with Crippen LogP contribution in [0.3, 0.4) is 0 Å².